The van der Waals surface area contributed by atoms with Crippen LogP contribution in [0, 0.1) is 0 Å². The first-order valence-corrected chi connectivity index (χ1v) is 5.07. The molecular formula is C15H14N2O. The van der Waals surface area contributed by atoms with Gasteiger partial charge in [0.1, 0.15) is 0 Å². The number of carbonyl (C=O) groups excluding carboxylic acids is 1. The molecule has 2 aromatic rings. The average Bonchev–Trinajstić information content (AvgIpc) is 2.74. The molecule has 3 nitrogen and oxygen atoms in total. The lowest BCUT2D eigenvalue weighted by molar-refractivity contribution is 0.256. The summed E-state index contributed by atoms with van der Waals surface area (Å²) in [6.45, 7) is 0. The van der Waals surface area contributed by atoms with Crippen molar-refractivity contribution in [3.63, 3.8) is 0 Å². The van der Waals surface area contributed by atoms with E-state index in [2.05, 4.69) is 0 Å². The van der Waals surface area contributed by atoms with E-state index < -0.39 is 78.5 Å². The van der Waals surface area contributed by atoms with Crippen molar-refractivity contribution >= 4 is 17.4 Å². The summed E-state index contributed by atoms with van der Waals surface area (Å²) in [6.07, 6.45) is -3.31. The van der Waals surface area contributed by atoms with Gasteiger partial charge in [0.2, 0.25) is 0 Å². The number of carbonyl (C=O) groups is 1. The van der Waals surface area contributed by atoms with Crippen LogP contribution in [0.5, 0.6) is 0 Å². The molecule has 0 bridgehead atoms. The van der Waals surface area contributed by atoms with Crippen LogP contribution in [0.15, 0.2) is 48.3 Å². The third kappa shape index (κ3) is 1.64. The molecule has 0 fully saturated rings. The number of fused-ring (bicyclic) bond motifs is 2. The molecule has 1 heterocycles. The highest BCUT2D eigenvalue weighted by atomic mass is 16.2. The Morgan fingerprint density at radius 3 is 1.94 bits per heavy atom. The van der Waals surface area contributed by atoms with Gasteiger partial charge in [0.05, 0.1) is 22.3 Å². The zero-order chi connectivity index (χ0) is 21.2. The number of amides is 2. The van der Waals surface area contributed by atoms with Gasteiger partial charge in [-0.05, 0) is 36.0 Å². The third-order valence-electron chi connectivity index (χ3n) is 2.48. The lowest BCUT2D eigenvalue weighted by atomic mass is 10.0. The molecule has 2 atom stereocenters. The first-order valence-electron chi connectivity index (χ1n) is 10.2. The Balaban J connectivity index is 2.61. The van der Waals surface area contributed by atoms with Crippen LogP contribution in [0.2, 0.25) is 0 Å². The summed E-state index contributed by atoms with van der Waals surface area (Å²) in [5.41, 5.74) is 3.70. The molecule has 0 saturated carbocycles. The Morgan fingerprint density at radius 2 is 1.50 bits per heavy atom. The van der Waals surface area contributed by atoms with E-state index in [1.807, 2.05) is 0 Å². The van der Waals surface area contributed by atoms with Gasteiger partial charge in [-0.2, -0.15) is 0 Å². The van der Waals surface area contributed by atoms with Crippen molar-refractivity contribution in [3.05, 3.63) is 59.5 Å². The number of nitrogens with zero attached hydrogens (tertiary/aromatic N) is 1. The Morgan fingerprint density at radius 1 is 1.06 bits per heavy atom. The zero-order valence-corrected chi connectivity index (χ0v) is 9.09. The predicted octanol–water partition coefficient (Wildman–Crippen LogP) is 3.00. The molecule has 3 rings (SSSR count). The number of rotatable bonds is 0. The molecule has 2 amide bonds. The number of para-hydroxylation sites is 2. The summed E-state index contributed by atoms with van der Waals surface area (Å²) < 4.78 is 80.8. The molecule has 0 spiro atoms. The van der Waals surface area contributed by atoms with Crippen molar-refractivity contribution in [3.8, 4) is 0 Å². The zero-order valence-electron chi connectivity index (χ0n) is 19.1. The molecule has 3 heteroatoms. The fourth-order valence-electron chi connectivity index (χ4n) is 1.72. The molecule has 18 heavy (non-hydrogen) atoms. The summed E-state index contributed by atoms with van der Waals surface area (Å²) >= 11 is 0. The minimum Gasteiger partial charge on any atom is -0.351 e. The maximum Gasteiger partial charge on any atom is 0.323 e. The van der Waals surface area contributed by atoms with Crippen LogP contribution in [0.1, 0.15) is 24.8 Å². The predicted molar refractivity (Wildman–Crippen MR) is 72.0 cm³/mol. The normalized spacial score (nSPS) is 29.4. The molecule has 2 aromatic carbocycles. The van der Waals surface area contributed by atoms with Gasteiger partial charge in [0.25, 0.3) is 0 Å². The Hall–Kier alpha value is -2.29. The first kappa shape index (κ1) is 4.43. The average molecular weight is 248 g/mol. The number of hydrogen-bond acceptors (Lipinski definition) is 1. The number of nitrogens with two attached hydrogens (primary N) is 1. The Kier molecular flexibility index (Phi) is 1.03. The Bertz CT molecular complexity index is 965. The number of primary amides is 1. The summed E-state index contributed by atoms with van der Waals surface area (Å²) in [7, 11) is 0. The maximum absolute atomic E-state index is 12.3. The molecule has 2 N–H and O–H groups in total. The fourth-order valence-corrected chi connectivity index (χ4v) is 1.72. The number of benzene rings is 2. The van der Waals surface area contributed by atoms with E-state index in [0.717, 1.165) is 0 Å². The standard InChI is InChI=1S/C15H14N2O/c16-15(18)17-13-7-3-1-5-11(13)9-10-12-6-2-4-8-14(12)17/h1-8H,9-10H2,(H2,16,18)/i1D,2D,3D,4D,5D,6D,7D,8D,9D,10D. The van der Waals surface area contributed by atoms with E-state index in [1.165, 1.54) is 0 Å². The van der Waals surface area contributed by atoms with Gasteiger partial charge < -0.3 is 5.73 Å². The van der Waals surface area contributed by atoms with Gasteiger partial charge >= 0.3 is 6.03 Å². The molecule has 0 saturated heterocycles. The quantitative estimate of drug-likeness (QED) is 0.765. The topological polar surface area (TPSA) is 46.3 Å². The monoisotopic (exact) mass is 248 g/mol. The number of urea groups is 1. The van der Waals surface area contributed by atoms with E-state index in [-0.39, 0.29) is 11.1 Å². The molecule has 1 aliphatic heterocycles. The highest BCUT2D eigenvalue weighted by molar-refractivity contribution is 6.00. The van der Waals surface area contributed by atoms with Crippen LogP contribution in [0.4, 0.5) is 16.2 Å². The lowest BCUT2D eigenvalue weighted by Crippen LogP contribution is -2.32. The van der Waals surface area contributed by atoms with Gasteiger partial charge in [0.15, 0.2) is 0 Å². The van der Waals surface area contributed by atoms with Gasteiger partial charge in [-0.1, -0.05) is 36.3 Å². The van der Waals surface area contributed by atoms with Crippen LogP contribution in [0.25, 0.3) is 0 Å². The second-order valence-corrected chi connectivity index (χ2v) is 3.53. The molecule has 0 radical (unpaired) electrons. The van der Waals surface area contributed by atoms with Gasteiger partial charge in [-0.15, -0.1) is 0 Å². The van der Waals surface area contributed by atoms with E-state index in [0.29, 0.717) is 4.90 Å². The van der Waals surface area contributed by atoms with E-state index in [4.69, 9.17) is 19.4 Å². The molecule has 1 aliphatic rings. The first-order chi connectivity index (χ1) is 12.9. The second kappa shape index (κ2) is 4.18. The van der Waals surface area contributed by atoms with Gasteiger partial charge in [0, 0.05) is 2.74 Å². The van der Waals surface area contributed by atoms with Crippen LogP contribution in [-0.2, 0) is 12.8 Å². The maximum atomic E-state index is 12.3. The van der Waals surface area contributed by atoms with Crippen LogP contribution >= 0.6 is 0 Å². The molecule has 2 unspecified atom stereocenters. The Labute approximate surface area is 120 Å². The smallest absolute Gasteiger partial charge is 0.323 e. The summed E-state index contributed by atoms with van der Waals surface area (Å²) in [5, 5.41) is 0. The highest BCUT2D eigenvalue weighted by Crippen LogP contribution is 2.35. The van der Waals surface area contributed by atoms with Crippen LogP contribution < -0.4 is 10.6 Å². The fraction of sp³-hybridized carbons (Fsp3) is 0.133. The SMILES string of the molecule is [2H]c1c([2H])c([2H])c2c(c1[2H])C([2H])C([2H])c1c([2H])c([2H])c([2H])c([2H])c1N2C(N)=O. The van der Waals surface area contributed by atoms with Crippen molar-refractivity contribution in [2.24, 2.45) is 5.73 Å². The van der Waals surface area contributed by atoms with Crippen molar-refractivity contribution in [2.75, 3.05) is 4.90 Å². The molecule has 90 valence electrons. The second-order valence-electron chi connectivity index (χ2n) is 3.53. The largest absolute Gasteiger partial charge is 0.351 e. The van der Waals surface area contributed by atoms with Gasteiger partial charge in [-0.25, -0.2) is 4.79 Å². The highest BCUT2D eigenvalue weighted by Gasteiger charge is 2.23. The summed E-state index contributed by atoms with van der Waals surface area (Å²) in [5.74, 6) is 0. The van der Waals surface area contributed by atoms with Crippen molar-refractivity contribution in [1.82, 2.24) is 0 Å². The molecule has 0 aromatic heterocycles. The van der Waals surface area contributed by atoms with E-state index in [1.54, 1.807) is 0 Å². The third-order valence-corrected chi connectivity index (χ3v) is 2.48. The number of hydrogen-bond donors (Lipinski definition) is 1. The molecule has 0 aliphatic carbocycles. The van der Waals surface area contributed by atoms with Gasteiger partial charge in [-0.3, -0.25) is 4.90 Å². The lowest BCUT2D eigenvalue weighted by Gasteiger charge is -2.22. The van der Waals surface area contributed by atoms with Crippen LogP contribution in [0.3, 0.4) is 0 Å². The van der Waals surface area contributed by atoms with Crippen molar-refractivity contribution < 1.29 is 18.5 Å². The van der Waals surface area contributed by atoms with Crippen molar-refractivity contribution in [1.29, 1.82) is 0 Å². The van der Waals surface area contributed by atoms with E-state index in [9.17, 15) is 4.79 Å². The van der Waals surface area contributed by atoms with E-state index >= 15 is 0 Å². The van der Waals surface area contributed by atoms with Crippen molar-refractivity contribution in [2.45, 2.75) is 12.8 Å². The molecular weight excluding hydrogens is 224 g/mol. The minimum atomic E-state index is -1.65. The minimum absolute atomic E-state index is 0.377. The summed E-state index contributed by atoms with van der Waals surface area (Å²) in [4.78, 5) is 12.8. The van der Waals surface area contributed by atoms with Crippen LogP contribution in [-0.4, -0.2) is 6.03 Å². The summed E-state index contributed by atoms with van der Waals surface area (Å²) in [6, 6.07) is -6.66. The number of anilines is 2.